The molecule has 0 spiro atoms. The summed E-state index contributed by atoms with van der Waals surface area (Å²) in [5.41, 5.74) is 0.823. The Bertz CT molecular complexity index is 449. The SMILES string of the molecule is CCN(C(=O)CNc1cc(I)ccc1Cl)C1CC1. The van der Waals surface area contributed by atoms with Gasteiger partial charge >= 0.3 is 0 Å². The van der Waals surface area contributed by atoms with Gasteiger partial charge < -0.3 is 10.2 Å². The standard InChI is InChI=1S/C13H16ClIN2O/c1-2-17(10-4-5-10)13(18)8-16-12-7-9(15)3-6-11(12)14/h3,6-7,10,16H,2,4-5,8H2,1H3. The van der Waals surface area contributed by atoms with Crippen molar-refractivity contribution in [2.24, 2.45) is 0 Å². The van der Waals surface area contributed by atoms with Crippen LogP contribution < -0.4 is 5.32 Å². The predicted octanol–water partition coefficient (Wildman–Crippen LogP) is 3.37. The average Bonchev–Trinajstić information content (AvgIpc) is 3.16. The first kappa shape index (κ1) is 13.9. The van der Waals surface area contributed by atoms with Gasteiger partial charge in [0.1, 0.15) is 0 Å². The van der Waals surface area contributed by atoms with Crippen LogP contribution in [0.1, 0.15) is 19.8 Å². The molecule has 0 bridgehead atoms. The fourth-order valence-electron chi connectivity index (χ4n) is 1.93. The van der Waals surface area contributed by atoms with Crippen LogP contribution in [0.25, 0.3) is 0 Å². The monoisotopic (exact) mass is 378 g/mol. The molecule has 2 rings (SSSR count). The minimum absolute atomic E-state index is 0.148. The lowest BCUT2D eigenvalue weighted by atomic mass is 10.3. The molecule has 1 aliphatic carbocycles. The molecule has 1 aromatic carbocycles. The topological polar surface area (TPSA) is 32.3 Å². The maximum Gasteiger partial charge on any atom is 0.242 e. The zero-order valence-electron chi connectivity index (χ0n) is 10.2. The molecule has 1 N–H and O–H groups in total. The molecule has 0 radical (unpaired) electrons. The lowest BCUT2D eigenvalue weighted by Gasteiger charge is -2.21. The van der Waals surface area contributed by atoms with Crippen molar-refractivity contribution in [3.63, 3.8) is 0 Å². The van der Waals surface area contributed by atoms with Gasteiger partial charge in [-0.2, -0.15) is 0 Å². The van der Waals surface area contributed by atoms with Crippen LogP contribution in [0.2, 0.25) is 5.02 Å². The van der Waals surface area contributed by atoms with Crippen molar-refractivity contribution in [2.75, 3.05) is 18.4 Å². The Morgan fingerprint density at radius 3 is 2.89 bits per heavy atom. The van der Waals surface area contributed by atoms with E-state index in [2.05, 4.69) is 27.9 Å². The Hall–Kier alpha value is -0.490. The summed E-state index contributed by atoms with van der Waals surface area (Å²) in [7, 11) is 0. The number of hydrogen-bond acceptors (Lipinski definition) is 2. The molecule has 5 heteroatoms. The Morgan fingerprint density at radius 2 is 2.28 bits per heavy atom. The second-order valence-corrected chi connectivity index (χ2v) is 6.04. The van der Waals surface area contributed by atoms with Crippen molar-refractivity contribution in [1.82, 2.24) is 4.90 Å². The number of halogens is 2. The van der Waals surface area contributed by atoms with E-state index >= 15 is 0 Å². The van der Waals surface area contributed by atoms with E-state index in [0.29, 0.717) is 17.6 Å². The van der Waals surface area contributed by atoms with E-state index in [4.69, 9.17) is 11.6 Å². The molecule has 0 heterocycles. The summed E-state index contributed by atoms with van der Waals surface area (Å²) < 4.78 is 1.10. The first-order valence-electron chi connectivity index (χ1n) is 6.10. The van der Waals surface area contributed by atoms with E-state index in [0.717, 1.165) is 28.6 Å². The molecule has 3 nitrogen and oxygen atoms in total. The molecule has 98 valence electrons. The largest absolute Gasteiger partial charge is 0.375 e. The minimum atomic E-state index is 0.148. The van der Waals surface area contributed by atoms with E-state index in [-0.39, 0.29) is 5.91 Å². The fraction of sp³-hybridized carbons (Fsp3) is 0.462. The van der Waals surface area contributed by atoms with Crippen LogP contribution >= 0.6 is 34.2 Å². The van der Waals surface area contributed by atoms with Crippen LogP contribution in [-0.4, -0.2) is 29.9 Å². The molecule has 1 aliphatic rings. The quantitative estimate of drug-likeness (QED) is 0.797. The number of anilines is 1. The van der Waals surface area contributed by atoms with E-state index in [9.17, 15) is 4.79 Å². The maximum atomic E-state index is 12.0. The highest BCUT2D eigenvalue weighted by Crippen LogP contribution is 2.27. The van der Waals surface area contributed by atoms with Crippen LogP contribution in [-0.2, 0) is 4.79 Å². The summed E-state index contributed by atoms with van der Waals surface area (Å²) in [5, 5.41) is 3.77. The summed E-state index contributed by atoms with van der Waals surface area (Å²) in [4.78, 5) is 14.0. The van der Waals surface area contributed by atoms with Crippen LogP contribution in [0.4, 0.5) is 5.69 Å². The smallest absolute Gasteiger partial charge is 0.242 e. The highest BCUT2D eigenvalue weighted by Gasteiger charge is 2.30. The minimum Gasteiger partial charge on any atom is -0.375 e. The Kier molecular flexibility index (Phi) is 4.72. The van der Waals surface area contributed by atoms with Gasteiger partial charge in [-0.25, -0.2) is 0 Å². The number of benzene rings is 1. The van der Waals surface area contributed by atoms with Crippen molar-refractivity contribution in [2.45, 2.75) is 25.8 Å². The highest BCUT2D eigenvalue weighted by molar-refractivity contribution is 14.1. The first-order valence-corrected chi connectivity index (χ1v) is 7.56. The van der Waals surface area contributed by atoms with Crippen LogP contribution in [0, 0.1) is 3.57 Å². The molecule has 0 aliphatic heterocycles. The third-order valence-electron chi connectivity index (χ3n) is 3.01. The maximum absolute atomic E-state index is 12.0. The van der Waals surface area contributed by atoms with Crippen molar-refractivity contribution >= 4 is 45.8 Å². The van der Waals surface area contributed by atoms with Crippen molar-refractivity contribution in [3.8, 4) is 0 Å². The third kappa shape index (κ3) is 3.51. The van der Waals surface area contributed by atoms with Crippen LogP contribution in [0.3, 0.4) is 0 Å². The zero-order valence-corrected chi connectivity index (χ0v) is 13.2. The molecule has 0 unspecified atom stereocenters. The second-order valence-electron chi connectivity index (χ2n) is 4.39. The molecule has 0 atom stereocenters. The summed E-state index contributed by atoms with van der Waals surface area (Å²) in [6.45, 7) is 3.12. The van der Waals surface area contributed by atoms with Crippen molar-refractivity contribution < 1.29 is 4.79 Å². The lowest BCUT2D eigenvalue weighted by molar-refractivity contribution is -0.129. The van der Waals surface area contributed by atoms with E-state index in [1.165, 1.54) is 0 Å². The molecule has 1 amide bonds. The molecule has 18 heavy (non-hydrogen) atoms. The molecular formula is C13H16ClIN2O. The molecule has 1 fully saturated rings. The van der Waals surface area contributed by atoms with Crippen LogP contribution in [0.15, 0.2) is 18.2 Å². The van der Waals surface area contributed by atoms with Gasteiger partial charge in [0, 0.05) is 16.2 Å². The molecular weight excluding hydrogens is 363 g/mol. The summed E-state index contributed by atoms with van der Waals surface area (Å²) in [6.07, 6.45) is 2.28. The van der Waals surface area contributed by atoms with Gasteiger partial charge in [-0.1, -0.05) is 11.6 Å². The number of nitrogens with one attached hydrogen (secondary N) is 1. The predicted molar refractivity (Wildman–Crippen MR) is 83.1 cm³/mol. The van der Waals surface area contributed by atoms with Crippen molar-refractivity contribution in [1.29, 1.82) is 0 Å². The molecule has 0 aromatic heterocycles. The number of carbonyl (C=O) groups excluding carboxylic acids is 1. The van der Waals surface area contributed by atoms with Gasteiger partial charge in [0.25, 0.3) is 0 Å². The third-order valence-corrected chi connectivity index (χ3v) is 4.01. The molecule has 1 saturated carbocycles. The lowest BCUT2D eigenvalue weighted by Crippen LogP contribution is -2.37. The van der Waals surface area contributed by atoms with Gasteiger partial charge in [0.15, 0.2) is 0 Å². The van der Waals surface area contributed by atoms with E-state index in [1.54, 1.807) is 0 Å². The Balaban J connectivity index is 1.94. The number of rotatable bonds is 5. The van der Waals surface area contributed by atoms with Gasteiger partial charge in [-0.05, 0) is 60.6 Å². The number of likely N-dealkylation sites (N-methyl/N-ethyl adjacent to an activating group) is 1. The molecule has 1 aromatic rings. The zero-order chi connectivity index (χ0) is 13.1. The van der Waals surface area contributed by atoms with Gasteiger partial charge in [-0.15, -0.1) is 0 Å². The van der Waals surface area contributed by atoms with Gasteiger partial charge in [0.2, 0.25) is 5.91 Å². The summed E-state index contributed by atoms with van der Waals surface area (Å²) in [6, 6.07) is 6.20. The highest BCUT2D eigenvalue weighted by atomic mass is 127. The summed E-state index contributed by atoms with van der Waals surface area (Å²) >= 11 is 8.30. The second kappa shape index (κ2) is 6.10. The fourth-order valence-corrected chi connectivity index (χ4v) is 2.61. The Morgan fingerprint density at radius 1 is 1.56 bits per heavy atom. The van der Waals surface area contributed by atoms with E-state index < -0.39 is 0 Å². The van der Waals surface area contributed by atoms with Crippen LogP contribution in [0.5, 0.6) is 0 Å². The first-order chi connectivity index (χ1) is 8.61. The normalized spacial score (nSPS) is 14.4. The van der Waals surface area contributed by atoms with E-state index in [1.807, 2.05) is 30.0 Å². The average molecular weight is 379 g/mol. The Labute approximate surface area is 126 Å². The number of nitrogens with zero attached hydrogens (tertiary/aromatic N) is 1. The summed E-state index contributed by atoms with van der Waals surface area (Å²) in [5.74, 6) is 0.148. The van der Waals surface area contributed by atoms with Crippen molar-refractivity contribution in [3.05, 3.63) is 26.8 Å². The molecule has 0 saturated heterocycles. The number of amides is 1. The number of hydrogen-bond donors (Lipinski definition) is 1. The van der Waals surface area contributed by atoms with Gasteiger partial charge in [-0.3, -0.25) is 4.79 Å². The number of carbonyl (C=O) groups is 1. The van der Waals surface area contributed by atoms with Gasteiger partial charge in [0.05, 0.1) is 17.3 Å².